The Morgan fingerprint density at radius 3 is 2.32 bits per heavy atom. The number of likely N-dealkylation sites (tertiary alicyclic amines) is 1. The fourth-order valence-corrected chi connectivity index (χ4v) is 2.94. The van der Waals surface area contributed by atoms with Crippen molar-refractivity contribution in [2.75, 3.05) is 19.6 Å². The molecule has 0 spiro atoms. The summed E-state index contributed by atoms with van der Waals surface area (Å²) in [5, 5.41) is 2.52. The van der Waals surface area contributed by atoms with E-state index in [9.17, 15) is 14.4 Å². The third-order valence-electron chi connectivity index (χ3n) is 4.24. The molecule has 1 unspecified atom stereocenters. The number of benzene rings is 1. The van der Waals surface area contributed by atoms with Gasteiger partial charge >= 0.3 is 12.1 Å². The van der Waals surface area contributed by atoms with Gasteiger partial charge in [0.2, 0.25) is 6.10 Å². The number of hydrogen-bond acceptors (Lipinski definition) is 5. The highest BCUT2D eigenvalue weighted by Crippen LogP contribution is 2.23. The van der Waals surface area contributed by atoms with Crippen molar-refractivity contribution in [1.82, 2.24) is 10.2 Å². The maximum absolute atomic E-state index is 12.9. The van der Waals surface area contributed by atoms with E-state index in [1.807, 2.05) is 18.2 Å². The number of amides is 2. The summed E-state index contributed by atoms with van der Waals surface area (Å²) in [6.45, 7) is 6.72. The second kappa shape index (κ2) is 10.1. The van der Waals surface area contributed by atoms with Gasteiger partial charge in [0, 0.05) is 25.2 Å². The van der Waals surface area contributed by atoms with Crippen LogP contribution in [0.3, 0.4) is 0 Å². The smallest absolute Gasteiger partial charge is 0.407 e. The summed E-state index contributed by atoms with van der Waals surface area (Å²) in [5.41, 5.74) is 0.0376. The van der Waals surface area contributed by atoms with E-state index in [2.05, 4.69) is 5.32 Å². The molecule has 28 heavy (non-hydrogen) atoms. The van der Waals surface area contributed by atoms with Gasteiger partial charge in [-0.25, -0.2) is 4.79 Å². The summed E-state index contributed by atoms with van der Waals surface area (Å²) in [6.07, 6.45) is 1.42. The summed E-state index contributed by atoms with van der Waals surface area (Å²) < 4.78 is 10.6. The minimum absolute atomic E-state index is 0.0458. The van der Waals surface area contributed by atoms with E-state index >= 15 is 0 Å². The molecule has 154 valence electrons. The highest BCUT2D eigenvalue weighted by Gasteiger charge is 2.30. The largest absolute Gasteiger partial charge is 0.447 e. The maximum atomic E-state index is 12.9. The van der Waals surface area contributed by atoms with Gasteiger partial charge in [-0.2, -0.15) is 0 Å². The number of rotatable bonds is 6. The first-order valence-electron chi connectivity index (χ1n) is 9.76. The van der Waals surface area contributed by atoms with Gasteiger partial charge in [0.05, 0.1) is 6.42 Å². The Hall–Kier alpha value is -2.57. The van der Waals surface area contributed by atoms with E-state index < -0.39 is 23.8 Å². The Kier molecular flexibility index (Phi) is 7.84. The molecule has 1 heterocycles. The van der Waals surface area contributed by atoms with Crippen LogP contribution in [-0.4, -0.2) is 48.1 Å². The quantitative estimate of drug-likeness (QED) is 0.754. The summed E-state index contributed by atoms with van der Waals surface area (Å²) in [4.78, 5) is 38.6. The molecule has 1 atom stereocenters. The lowest BCUT2D eigenvalue weighted by atomic mass is 10.1. The molecule has 1 aromatic rings. The minimum Gasteiger partial charge on any atom is -0.447 e. The van der Waals surface area contributed by atoms with Gasteiger partial charge in [-0.1, -0.05) is 30.3 Å². The molecule has 0 saturated carbocycles. The zero-order valence-corrected chi connectivity index (χ0v) is 16.9. The van der Waals surface area contributed by atoms with E-state index in [0.29, 0.717) is 18.7 Å². The number of carbonyl (C=O) groups is 3. The highest BCUT2D eigenvalue weighted by molar-refractivity contribution is 5.85. The first-order valence-corrected chi connectivity index (χ1v) is 9.76. The molecule has 7 heteroatoms. The zero-order valence-electron chi connectivity index (χ0n) is 16.9. The van der Waals surface area contributed by atoms with Crippen LogP contribution < -0.4 is 5.32 Å². The van der Waals surface area contributed by atoms with E-state index in [1.54, 1.807) is 37.8 Å². The van der Waals surface area contributed by atoms with Gasteiger partial charge < -0.3 is 19.7 Å². The van der Waals surface area contributed by atoms with Gasteiger partial charge in [0.1, 0.15) is 5.60 Å². The van der Waals surface area contributed by atoms with Crippen molar-refractivity contribution in [2.24, 2.45) is 0 Å². The topological polar surface area (TPSA) is 84.9 Å². The van der Waals surface area contributed by atoms with Crippen LogP contribution in [0.2, 0.25) is 0 Å². The van der Waals surface area contributed by atoms with Crippen molar-refractivity contribution < 1.29 is 23.9 Å². The van der Waals surface area contributed by atoms with Gasteiger partial charge in [-0.05, 0) is 40.0 Å². The fraction of sp³-hybridized carbons (Fsp3) is 0.571. The highest BCUT2D eigenvalue weighted by atomic mass is 16.6. The Morgan fingerprint density at radius 2 is 1.71 bits per heavy atom. The molecule has 1 aromatic carbocycles. The van der Waals surface area contributed by atoms with E-state index in [4.69, 9.17) is 9.47 Å². The molecule has 7 nitrogen and oxygen atoms in total. The molecule has 1 saturated heterocycles. The lowest BCUT2D eigenvalue weighted by molar-refractivity contribution is -0.161. The lowest BCUT2D eigenvalue weighted by Gasteiger charge is -2.30. The Bertz CT molecular complexity index is 663. The van der Waals surface area contributed by atoms with E-state index in [0.717, 1.165) is 19.3 Å². The van der Waals surface area contributed by atoms with Crippen molar-refractivity contribution >= 4 is 18.0 Å². The minimum atomic E-state index is -0.965. The van der Waals surface area contributed by atoms with Crippen LogP contribution in [-0.2, 0) is 19.1 Å². The van der Waals surface area contributed by atoms with Crippen LogP contribution in [0.4, 0.5) is 4.79 Å². The summed E-state index contributed by atoms with van der Waals surface area (Å²) in [7, 11) is 0. The van der Waals surface area contributed by atoms with Crippen molar-refractivity contribution in [3.63, 3.8) is 0 Å². The molecular weight excluding hydrogens is 360 g/mol. The summed E-state index contributed by atoms with van der Waals surface area (Å²) in [5.74, 6) is -0.741. The molecule has 2 rings (SSSR count). The van der Waals surface area contributed by atoms with Crippen molar-refractivity contribution in [2.45, 2.75) is 58.2 Å². The van der Waals surface area contributed by atoms with E-state index in [1.165, 1.54) is 0 Å². The second-order valence-electron chi connectivity index (χ2n) is 7.85. The number of hydrogen-bond donors (Lipinski definition) is 1. The molecule has 1 N–H and O–H groups in total. The van der Waals surface area contributed by atoms with Crippen molar-refractivity contribution in [3.8, 4) is 0 Å². The first-order chi connectivity index (χ1) is 13.3. The summed E-state index contributed by atoms with van der Waals surface area (Å²) in [6, 6.07) is 9.02. The van der Waals surface area contributed by atoms with Crippen LogP contribution >= 0.6 is 0 Å². The number of alkyl carbamates (subject to hydrolysis) is 1. The van der Waals surface area contributed by atoms with Crippen LogP contribution in [0, 0.1) is 0 Å². The molecule has 0 aliphatic carbocycles. The number of piperidine rings is 1. The predicted molar refractivity (Wildman–Crippen MR) is 105 cm³/mol. The van der Waals surface area contributed by atoms with Crippen LogP contribution in [0.5, 0.6) is 0 Å². The number of nitrogens with one attached hydrogen (secondary N) is 1. The fourth-order valence-electron chi connectivity index (χ4n) is 2.94. The monoisotopic (exact) mass is 390 g/mol. The normalized spacial score (nSPS) is 15.5. The third-order valence-corrected chi connectivity index (χ3v) is 4.24. The van der Waals surface area contributed by atoms with Gasteiger partial charge in [-0.3, -0.25) is 9.59 Å². The van der Waals surface area contributed by atoms with Crippen molar-refractivity contribution in [1.29, 1.82) is 0 Å². The molecule has 1 aliphatic heterocycles. The molecule has 0 bridgehead atoms. The molecule has 0 aromatic heterocycles. The standard InChI is InChI=1S/C21H30N2O5/c1-21(2,3)28-20(26)22-13-12-17(24)27-18(16-10-6-4-7-11-16)19(25)23-14-8-5-9-15-23/h4,6-7,10-11,18H,5,8-9,12-15H2,1-3H3,(H,22,26). The van der Waals surface area contributed by atoms with Gasteiger partial charge in [0.15, 0.2) is 0 Å². The Labute approximate surface area is 166 Å². The van der Waals surface area contributed by atoms with Gasteiger partial charge in [0.25, 0.3) is 5.91 Å². The van der Waals surface area contributed by atoms with Crippen molar-refractivity contribution in [3.05, 3.63) is 35.9 Å². The Morgan fingerprint density at radius 1 is 1.07 bits per heavy atom. The molecule has 2 amide bonds. The molecule has 1 fully saturated rings. The average Bonchev–Trinajstić information content (AvgIpc) is 2.65. The second-order valence-corrected chi connectivity index (χ2v) is 7.85. The Balaban J connectivity index is 1.93. The first kappa shape index (κ1) is 21.7. The number of esters is 1. The van der Waals surface area contributed by atoms with Crippen LogP contribution in [0.1, 0.15) is 58.1 Å². The van der Waals surface area contributed by atoms with Crippen LogP contribution in [0.25, 0.3) is 0 Å². The average molecular weight is 390 g/mol. The number of carbonyl (C=O) groups excluding carboxylic acids is 3. The number of nitrogens with zero attached hydrogens (tertiary/aromatic N) is 1. The zero-order chi connectivity index (χ0) is 20.6. The predicted octanol–water partition coefficient (Wildman–Crippen LogP) is 3.20. The van der Waals surface area contributed by atoms with Crippen LogP contribution in [0.15, 0.2) is 30.3 Å². The maximum Gasteiger partial charge on any atom is 0.407 e. The SMILES string of the molecule is CC(C)(C)OC(=O)NCCC(=O)OC(C(=O)N1CCCCC1)c1ccccc1. The molecule has 0 radical (unpaired) electrons. The third kappa shape index (κ3) is 7.21. The van der Waals surface area contributed by atoms with Gasteiger partial charge in [-0.15, -0.1) is 0 Å². The lowest BCUT2D eigenvalue weighted by Crippen LogP contribution is -2.40. The number of ether oxygens (including phenoxy) is 2. The van der Waals surface area contributed by atoms with E-state index in [-0.39, 0.29) is 18.9 Å². The molecule has 1 aliphatic rings. The molecular formula is C21H30N2O5. The summed E-state index contributed by atoms with van der Waals surface area (Å²) >= 11 is 0.